The van der Waals surface area contributed by atoms with Crippen molar-refractivity contribution in [3.05, 3.63) is 35.4 Å². The molecular formula is C14H20N2O3. The van der Waals surface area contributed by atoms with Crippen molar-refractivity contribution in [1.82, 2.24) is 5.32 Å². The molecule has 4 N–H and O–H groups in total. The number of carbonyl (C=O) groups excluding carboxylic acids is 1. The predicted molar refractivity (Wildman–Crippen MR) is 73.0 cm³/mol. The molecule has 1 aromatic rings. The van der Waals surface area contributed by atoms with Gasteiger partial charge in [0.2, 0.25) is 5.91 Å². The Balaban J connectivity index is 2.54. The Kier molecular flexibility index (Phi) is 6.02. The van der Waals surface area contributed by atoms with Gasteiger partial charge in [-0.25, -0.2) is 4.79 Å². The zero-order valence-corrected chi connectivity index (χ0v) is 11.1. The van der Waals surface area contributed by atoms with Crippen molar-refractivity contribution in [3.63, 3.8) is 0 Å². The Hall–Kier alpha value is -1.88. The quantitative estimate of drug-likeness (QED) is 0.685. The van der Waals surface area contributed by atoms with E-state index in [1.807, 2.05) is 6.92 Å². The van der Waals surface area contributed by atoms with Crippen LogP contribution in [0.4, 0.5) is 0 Å². The van der Waals surface area contributed by atoms with Crippen molar-refractivity contribution >= 4 is 11.9 Å². The number of rotatable bonds is 7. The summed E-state index contributed by atoms with van der Waals surface area (Å²) in [5, 5.41) is 11.8. The second-order valence-electron chi connectivity index (χ2n) is 4.34. The SMILES string of the molecule is CCC(CN)C(=O)NCCc1ccccc1C(=O)O. The maximum atomic E-state index is 11.7. The van der Waals surface area contributed by atoms with Gasteiger partial charge in [0.1, 0.15) is 0 Å². The zero-order valence-electron chi connectivity index (χ0n) is 11.1. The maximum Gasteiger partial charge on any atom is 0.335 e. The van der Waals surface area contributed by atoms with Crippen molar-refractivity contribution in [2.75, 3.05) is 13.1 Å². The molecule has 0 aromatic heterocycles. The fourth-order valence-corrected chi connectivity index (χ4v) is 1.87. The van der Waals surface area contributed by atoms with E-state index in [0.29, 0.717) is 25.9 Å². The molecule has 19 heavy (non-hydrogen) atoms. The topological polar surface area (TPSA) is 92.4 Å². The minimum Gasteiger partial charge on any atom is -0.478 e. The molecule has 5 heteroatoms. The maximum absolute atomic E-state index is 11.7. The zero-order chi connectivity index (χ0) is 14.3. The summed E-state index contributed by atoms with van der Waals surface area (Å²) < 4.78 is 0. The second-order valence-corrected chi connectivity index (χ2v) is 4.34. The first-order valence-electron chi connectivity index (χ1n) is 6.39. The third kappa shape index (κ3) is 4.37. The molecule has 0 spiro atoms. The number of carboxylic acids is 1. The van der Waals surface area contributed by atoms with E-state index in [1.165, 1.54) is 0 Å². The van der Waals surface area contributed by atoms with E-state index in [0.717, 1.165) is 5.56 Å². The van der Waals surface area contributed by atoms with Crippen LogP contribution in [0.2, 0.25) is 0 Å². The number of nitrogens with one attached hydrogen (secondary N) is 1. The molecule has 1 amide bonds. The highest BCUT2D eigenvalue weighted by Crippen LogP contribution is 2.09. The van der Waals surface area contributed by atoms with Gasteiger partial charge in [0.25, 0.3) is 0 Å². The van der Waals surface area contributed by atoms with Crippen LogP contribution in [0, 0.1) is 5.92 Å². The van der Waals surface area contributed by atoms with Gasteiger partial charge >= 0.3 is 5.97 Å². The summed E-state index contributed by atoms with van der Waals surface area (Å²) in [6.45, 7) is 2.66. The molecule has 1 unspecified atom stereocenters. The summed E-state index contributed by atoms with van der Waals surface area (Å²) in [5.74, 6) is -1.19. The molecule has 1 rings (SSSR count). The minimum atomic E-state index is -0.949. The number of aromatic carboxylic acids is 1. The normalized spacial score (nSPS) is 11.9. The molecular weight excluding hydrogens is 244 g/mol. The first-order chi connectivity index (χ1) is 9.10. The van der Waals surface area contributed by atoms with E-state index in [1.54, 1.807) is 24.3 Å². The molecule has 0 aliphatic rings. The number of amides is 1. The van der Waals surface area contributed by atoms with Gasteiger partial charge in [-0.3, -0.25) is 4.79 Å². The fraction of sp³-hybridized carbons (Fsp3) is 0.429. The molecule has 0 saturated carbocycles. The summed E-state index contributed by atoms with van der Waals surface area (Å²) in [7, 11) is 0. The first-order valence-corrected chi connectivity index (χ1v) is 6.39. The molecule has 5 nitrogen and oxygen atoms in total. The van der Waals surface area contributed by atoms with Crippen LogP contribution in [0.15, 0.2) is 24.3 Å². The Labute approximate surface area is 112 Å². The van der Waals surface area contributed by atoms with Crippen molar-refractivity contribution in [2.24, 2.45) is 11.7 Å². The van der Waals surface area contributed by atoms with E-state index in [-0.39, 0.29) is 17.4 Å². The van der Waals surface area contributed by atoms with Crippen LogP contribution in [0.5, 0.6) is 0 Å². The van der Waals surface area contributed by atoms with Gasteiger partial charge in [-0.1, -0.05) is 25.1 Å². The molecule has 0 saturated heterocycles. The number of hydrogen-bond acceptors (Lipinski definition) is 3. The van der Waals surface area contributed by atoms with Gasteiger partial charge in [0.05, 0.1) is 5.56 Å². The van der Waals surface area contributed by atoms with Crippen LogP contribution in [0.1, 0.15) is 29.3 Å². The summed E-state index contributed by atoms with van der Waals surface area (Å²) >= 11 is 0. The predicted octanol–water partition coefficient (Wildman–Crippen LogP) is 1.03. The molecule has 0 aliphatic carbocycles. The summed E-state index contributed by atoms with van der Waals surface area (Å²) in [4.78, 5) is 22.7. The standard InChI is InChI=1S/C14H20N2O3/c1-2-10(9-15)13(17)16-8-7-11-5-3-4-6-12(11)14(18)19/h3-6,10H,2,7-9,15H2,1H3,(H,16,17)(H,18,19). The number of hydrogen-bond donors (Lipinski definition) is 3. The van der Waals surface area contributed by atoms with Crippen LogP contribution in [-0.4, -0.2) is 30.1 Å². The molecule has 104 valence electrons. The van der Waals surface area contributed by atoms with Crippen LogP contribution < -0.4 is 11.1 Å². The monoisotopic (exact) mass is 264 g/mol. The van der Waals surface area contributed by atoms with E-state index >= 15 is 0 Å². The van der Waals surface area contributed by atoms with Crippen LogP contribution >= 0.6 is 0 Å². The lowest BCUT2D eigenvalue weighted by molar-refractivity contribution is -0.124. The minimum absolute atomic E-state index is 0.0715. The highest BCUT2D eigenvalue weighted by Gasteiger charge is 2.14. The Bertz CT molecular complexity index is 442. The highest BCUT2D eigenvalue weighted by molar-refractivity contribution is 5.89. The van der Waals surface area contributed by atoms with Crippen molar-refractivity contribution in [3.8, 4) is 0 Å². The number of nitrogens with two attached hydrogens (primary N) is 1. The summed E-state index contributed by atoms with van der Waals surface area (Å²) in [6.07, 6.45) is 1.20. The van der Waals surface area contributed by atoms with Crippen LogP contribution in [-0.2, 0) is 11.2 Å². The number of benzene rings is 1. The third-order valence-corrected chi connectivity index (χ3v) is 3.09. The van der Waals surface area contributed by atoms with E-state index < -0.39 is 5.97 Å². The fourth-order valence-electron chi connectivity index (χ4n) is 1.87. The van der Waals surface area contributed by atoms with Gasteiger partial charge in [-0.05, 0) is 24.5 Å². The Morgan fingerprint density at radius 1 is 1.37 bits per heavy atom. The van der Waals surface area contributed by atoms with Crippen molar-refractivity contribution < 1.29 is 14.7 Å². The third-order valence-electron chi connectivity index (χ3n) is 3.09. The van der Waals surface area contributed by atoms with Crippen molar-refractivity contribution in [1.29, 1.82) is 0 Å². The van der Waals surface area contributed by atoms with Gasteiger partial charge in [-0.2, -0.15) is 0 Å². The first kappa shape index (κ1) is 15.2. The second kappa shape index (κ2) is 7.53. The molecule has 1 atom stereocenters. The number of carbonyl (C=O) groups is 2. The van der Waals surface area contributed by atoms with E-state index in [2.05, 4.69) is 5.32 Å². The lowest BCUT2D eigenvalue weighted by atomic mass is 10.0. The molecule has 1 aromatic carbocycles. The van der Waals surface area contributed by atoms with Gasteiger partial charge < -0.3 is 16.2 Å². The van der Waals surface area contributed by atoms with Crippen molar-refractivity contribution in [2.45, 2.75) is 19.8 Å². The lowest BCUT2D eigenvalue weighted by Gasteiger charge is -2.13. The van der Waals surface area contributed by atoms with Crippen LogP contribution in [0.25, 0.3) is 0 Å². The average molecular weight is 264 g/mol. The Morgan fingerprint density at radius 3 is 2.63 bits per heavy atom. The van der Waals surface area contributed by atoms with Gasteiger partial charge in [0, 0.05) is 19.0 Å². The smallest absolute Gasteiger partial charge is 0.335 e. The number of carboxylic acid groups (broad SMARTS) is 1. The molecule has 0 aliphatic heterocycles. The average Bonchev–Trinajstić information content (AvgIpc) is 2.40. The Morgan fingerprint density at radius 2 is 2.05 bits per heavy atom. The summed E-state index contributed by atoms with van der Waals surface area (Å²) in [5.41, 5.74) is 6.49. The van der Waals surface area contributed by atoms with Gasteiger partial charge in [0.15, 0.2) is 0 Å². The molecule has 0 bridgehead atoms. The lowest BCUT2D eigenvalue weighted by Crippen LogP contribution is -2.35. The summed E-state index contributed by atoms with van der Waals surface area (Å²) in [6, 6.07) is 6.80. The molecule has 0 fully saturated rings. The van der Waals surface area contributed by atoms with Crippen LogP contribution in [0.3, 0.4) is 0 Å². The molecule has 0 heterocycles. The van der Waals surface area contributed by atoms with E-state index in [4.69, 9.17) is 10.8 Å². The highest BCUT2D eigenvalue weighted by atomic mass is 16.4. The van der Waals surface area contributed by atoms with E-state index in [9.17, 15) is 9.59 Å². The largest absolute Gasteiger partial charge is 0.478 e. The molecule has 0 radical (unpaired) electrons. The van der Waals surface area contributed by atoms with Gasteiger partial charge in [-0.15, -0.1) is 0 Å².